The lowest BCUT2D eigenvalue weighted by Gasteiger charge is -2.30. The predicted molar refractivity (Wildman–Crippen MR) is 75.2 cm³/mol. The van der Waals surface area contributed by atoms with E-state index < -0.39 is 10.0 Å². The van der Waals surface area contributed by atoms with Gasteiger partial charge in [0.2, 0.25) is 10.0 Å². The first-order valence-corrected chi connectivity index (χ1v) is 8.29. The van der Waals surface area contributed by atoms with Gasteiger partial charge in [-0.3, -0.25) is 0 Å². The Kier molecular flexibility index (Phi) is 6.04. The molecule has 0 aromatic heterocycles. The molecule has 5 nitrogen and oxygen atoms in total. The molecular formula is C12H27N3O2S. The third-order valence-corrected chi connectivity index (χ3v) is 5.88. The number of hydrogen-bond donors (Lipinski definition) is 1. The molecule has 1 fully saturated rings. The van der Waals surface area contributed by atoms with E-state index in [9.17, 15) is 8.42 Å². The zero-order valence-corrected chi connectivity index (χ0v) is 12.8. The van der Waals surface area contributed by atoms with Crippen molar-refractivity contribution in [3.8, 4) is 0 Å². The second-order valence-electron chi connectivity index (χ2n) is 5.24. The highest BCUT2D eigenvalue weighted by atomic mass is 32.2. The molecule has 0 aromatic carbocycles. The van der Waals surface area contributed by atoms with Gasteiger partial charge in [-0.15, -0.1) is 0 Å². The SMILES string of the molecule is CCNCC(C)S(=O)(=O)N1CCCN(C)CC1C. The molecule has 1 heterocycles. The monoisotopic (exact) mass is 277 g/mol. The maximum atomic E-state index is 12.5. The number of nitrogens with zero attached hydrogens (tertiary/aromatic N) is 2. The van der Waals surface area contributed by atoms with E-state index in [1.807, 2.05) is 13.8 Å². The van der Waals surface area contributed by atoms with Crippen LogP contribution >= 0.6 is 0 Å². The molecule has 0 radical (unpaired) electrons. The van der Waals surface area contributed by atoms with Gasteiger partial charge in [0, 0.05) is 25.7 Å². The number of hydrogen-bond acceptors (Lipinski definition) is 4. The van der Waals surface area contributed by atoms with Crippen molar-refractivity contribution in [2.24, 2.45) is 0 Å². The molecule has 6 heteroatoms. The highest BCUT2D eigenvalue weighted by Gasteiger charge is 2.33. The molecule has 0 spiro atoms. The van der Waals surface area contributed by atoms with Gasteiger partial charge in [0.05, 0.1) is 5.25 Å². The predicted octanol–water partition coefficient (Wildman–Crippen LogP) is 0.340. The molecule has 108 valence electrons. The van der Waals surface area contributed by atoms with Crippen molar-refractivity contribution in [2.75, 3.05) is 39.8 Å². The van der Waals surface area contributed by atoms with Crippen LogP contribution in [0.4, 0.5) is 0 Å². The van der Waals surface area contributed by atoms with Crippen LogP contribution in [-0.2, 0) is 10.0 Å². The standard InChI is InChI=1S/C12H27N3O2S/c1-5-13-9-12(3)18(16,17)15-8-6-7-14(4)10-11(15)2/h11-13H,5-10H2,1-4H3. The van der Waals surface area contributed by atoms with Gasteiger partial charge in [-0.2, -0.15) is 4.31 Å². The molecule has 1 N–H and O–H groups in total. The lowest BCUT2D eigenvalue weighted by atomic mass is 10.3. The van der Waals surface area contributed by atoms with E-state index in [1.165, 1.54) is 0 Å². The molecule has 18 heavy (non-hydrogen) atoms. The molecule has 0 saturated carbocycles. The van der Waals surface area contributed by atoms with Crippen LogP contribution in [0, 0.1) is 0 Å². The molecular weight excluding hydrogens is 250 g/mol. The van der Waals surface area contributed by atoms with E-state index in [2.05, 4.69) is 17.3 Å². The normalized spacial score (nSPS) is 25.9. The fourth-order valence-electron chi connectivity index (χ4n) is 2.41. The fourth-order valence-corrected chi connectivity index (χ4v) is 4.15. The van der Waals surface area contributed by atoms with Gasteiger partial charge in [-0.05, 0) is 40.4 Å². The minimum absolute atomic E-state index is 0.0616. The number of rotatable bonds is 5. The number of likely N-dealkylation sites (N-methyl/N-ethyl adjacent to an activating group) is 1. The minimum atomic E-state index is -3.19. The number of nitrogens with one attached hydrogen (secondary N) is 1. The third kappa shape index (κ3) is 3.91. The van der Waals surface area contributed by atoms with Crippen LogP contribution in [0.5, 0.6) is 0 Å². The first kappa shape index (κ1) is 15.9. The van der Waals surface area contributed by atoms with Gasteiger partial charge in [0.1, 0.15) is 0 Å². The van der Waals surface area contributed by atoms with E-state index in [0.717, 1.165) is 26.1 Å². The summed E-state index contributed by atoms with van der Waals surface area (Å²) in [6.45, 7) is 9.53. The summed E-state index contributed by atoms with van der Waals surface area (Å²) in [5, 5.41) is 2.76. The van der Waals surface area contributed by atoms with Crippen LogP contribution in [-0.4, -0.2) is 68.7 Å². The molecule has 2 unspecified atom stereocenters. The Morgan fingerprint density at radius 1 is 1.39 bits per heavy atom. The van der Waals surface area contributed by atoms with E-state index in [0.29, 0.717) is 13.1 Å². The van der Waals surface area contributed by atoms with Crippen molar-refractivity contribution in [2.45, 2.75) is 38.5 Å². The number of sulfonamides is 1. The molecule has 0 amide bonds. The first-order valence-electron chi connectivity index (χ1n) is 6.79. The van der Waals surface area contributed by atoms with E-state index in [4.69, 9.17) is 0 Å². The molecule has 2 atom stereocenters. The second-order valence-corrected chi connectivity index (χ2v) is 7.54. The lowest BCUT2D eigenvalue weighted by molar-refractivity contribution is 0.289. The summed E-state index contributed by atoms with van der Waals surface area (Å²) in [7, 11) is -1.14. The summed E-state index contributed by atoms with van der Waals surface area (Å²) in [5.74, 6) is 0. The molecule has 1 saturated heterocycles. The topological polar surface area (TPSA) is 52.7 Å². The van der Waals surface area contributed by atoms with E-state index in [1.54, 1.807) is 11.2 Å². The Labute approximate surface area is 112 Å². The summed E-state index contributed by atoms with van der Waals surface area (Å²) >= 11 is 0. The minimum Gasteiger partial charge on any atom is -0.316 e. The maximum absolute atomic E-state index is 12.5. The van der Waals surface area contributed by atoms with Gasteiger partial charge in [-0.1, -0.05) is 6.92 Å². The van der Waals surface area contributed by atoms with E-state index >= 15 is 0 Å². The summed E-state index contributed by atoms with van der Waals surface area (Å²) in [5.41, 5.74) is 0. The zero-order chi connectivity index (χ0) is 13.8. The fraction of sp³-hybridized carbons (Fsp3) is 1.00. The molecule has 1 rings (SSSR count). The third-order valence-electron chi connectivity index (χ3n) is 3.50. The summed E-state index contributed by atoms with van der Waals surface area (Å²) < 4.78 is 26.8. The molecule has 0 bridgehead atoms. The van der Waals surface area contributed by atoms with Crippen molar-refractivity contribution < 1.29 is 8.42 Å². The smallest absolute Gasteiger partial charge is 0.218 e. The van der Waals surface area contributed by atoms with Crippen LogP contribution in [0.3, 0.4) is 0 Å². The van der Waals surface area contributed by atoms with Crippen LogP contribution in [0.15, 0.2) is 0 Å². The van der Waals surface area contributed by atoms with Crippen molar-refractivity contribution in [1.29, 1.82) is 0 Å². The van der Waals surface area contributed by atoms with Gasteiger partial charge in [-0.25, -0.2) is 8.42 Å². The average molecular weight is 277 g/mol. The van der Waals surface area contributed by atoms with Crippen LogP contribution in [0.2, 0.25) is 0 Å². The highest BCUT2D eigenvalue weighted by molar-refractivity contribution is 7.89. The molecule has 1 aliphatic rings. The zero-order valence-electron chi connectivity index (χ0n) is 12.0. The van der Waals surface area contributed by atoms with Gasteiger partial charge in [0.15, 0.2) is 0 Å². The summed E-state index contributed by atoms with van der Waals surface area (Å²) in [4.78, 5) is 2.20. The second kappa shape index (κ2) is 6.84. The molecule has 0 aromatic rings. The maximum Gasteiger partial charge on any atom is 0.218 e. The van der Waals surface area contributed by atoms with Gasteiger partial charge >= 0.3 is 0 Å². The Balaban J connectivity index is 2.76. The first-order chi connectivity index (χ1) is 8.39. The summed E-state index contributed by atoms with van der Waals surface area (Å²) in [6.07, 6.45) is 0.911. The van der Waals surface area contributed by atoms with Crippen molar-refractivity contribution >= 4 is 10.0 Å². The lowest BCUT2D eigenvalue weighted by Crippen LogP contribution is -2.47. The van der Waals surface area contributed by atoms with Crippen molar-refractivity contribution in [3.05, 3.63) is 0 Å². The van der Waals surface area contributed by atoms with Crippen molar-refractivity contribution in [3.63, 3.8) is 0 Å². The molecule has 1 aliphatic heterocycles. The van der Waals surface area contributed by atoms with Crippen molar-refractivity contribution in [1.82, 2.24) is 14.5 Å². The van der Waals surface area contributed by atoms with Crippen LogP contribution in [0.1, 0.15) is 27.2 Å². The highest BCUT2D eigenvalue weighted by Crippen LogP contribution is 2.17. The Hall–Kier alpha value is -0.170. The average Bonchev–Trinajstić information content (AvgIpc) is 2.46. The molecule has 0 aliphatic carbocycles. The van der Waals surface area contributed by atoms with Gasteiger partial charge < -0.3 is 10.2 Å². The summed E-state index contributed by atoms with van der Waals surface area (Å²) in [6, 6.07) is 0.0616. The Morgan fingerprint density at radius 2 is 2.06 bits per heavy atom. The quantitative estimate of drug-likeness (QED) is 0.787. The van der Waals surface area contributed by atoms with E-state index in [-0.39, 0.29) is 11.3 Å². The van der Waals surface area contributed by atoms with Crippen LogP contribution < -0.4 is 5.32 Å². The Morgan fingerprint density at radius 3 is 2.67 bits per heavy atom. The van der Waals surface area contributed by atoms with Gasteiger partial charge in [0.25, 0.3) is 0 Å². The Bertz CT molecular complexity index is 345. The largest absolute Gasteiger partial charge is 0.316 e. The van der Waals surface area contributed by atoms with Crippen LogP contribution in [0.25, 0.3) is 0 Å².